The van der Waals surface area contributed by atoms with Crippen LogP contribution < -0.4 is 15.9 Å². The predicted molar refractivity (Wildman–Crippen MR) is 94.8 cm³/mol. The van der Waals surface area contributed by atoms with Crippen molar-refractivity contribution in [2.45, 2.75) is 19.4 Å². The van der Waals surface area contributed by atoms with E-state index in [-0.39, 0.29) is 11.5 Å². The van der Waals surface area contributed by atoms with Gasteiger partial charge < -0.3 is 20.7 Å². The van der Waals surface area contributed by atoms with E-state index in [0.29, 0.717) is 24.3 Å². The first kappa shape index (κ1) is 18.3. The van der Waals surface area contributed by atoms with Crippen molar-refractivity contribution >= 4 is 12.1 Å². The molecule has 0 spiro atoms. The Bertz CT molecular complexity index is 744. The van der Waals surface area contributed by atoms with Crippen LogP contribution in [-0.2, 0) is 11.2 Å². The van der Waals surface area contributed by atoms with Crippen LogP contribution in [0.2, 0.25) is 0 Å². The molecule has 7 nitrogen and oxygen atoms in total. The van der Waals surface area contributed by atoms with Crippen molar-refractivity contribution in [2.24, 2.45) is 10.8 Å². The van der Waals surface area contributed by atoms with Crippen LogP contribution in [0.5, 0.6) is 17.2 Å². The zero-order chi connectivity index (χ0) is 18.2. The van der Waals surface area contributed by atoms with Gasteiger partial charge in [-0.1, -0.05) is 18.2 Å². The van der Waals surface area contributed by atoms with Crippen molar-refractivity contribution in [3.05, 3.63) is 53.6 Å². The quantitative estimate of drug-likeness (QED) is 0.449. The summed E-state index contributed by atoms with van der Waals surface area (Å²) in [5.41, 5.74) is 9.43. The van der Waals surface area contributed by atoms with Gasteiger partial charge in [0.05, 0.1) is 18.9 Å². The number of para-hydroxylation sites is 1. The highest BCUT2D eigenvalue weighted by molar-refractivity contribution is 5.87. The van der Waals surface area contributed by atoms with Gasteiger partial charge in [0.1, 0.15) is 5.75 Å². The van der Waals surface area contributed by atoms with Gasteiger partial charge in [-0.15, -0.1) is 0 Å². The molecule has 0 heterocycles. The number of carbonyl (C=O) groups excluding carboxylic acids is 1. The van der Waals surface area contributed by atoms with E-state index in [0.717, 1.165) is 5.56 Å². The van der Waals surface area contributed by atoms with Crippen molar-refractivity contribution in [3.8, 4) is 17.2 Å². The molecule has 2 rings (SSSR count). The Morgan fingerprint density at radius 2 is 2.00 bits per heavy atom. The van der Waals surface area contributed by atoms with Gasteiger partial charge in [-0.2, -0.15) is 5.10 Å². The Balaban J connectivity index is 1.93. The molecule has 1 amide bonds. The van der Waals surface area contributed by atoms with E-state index in [9.17, 15) is 15.0 Å². The maximum absolute atomic E-state index is 12.0. The fourth-order valence-electron chi connectivity index (χ4n) is 2.14. The third-order valence-corrected chi connectivity index (χ3v) is 3.44. The minimum Gasteiger partial charge on any atom is -0.508 e. The Hall–Kier alpha value is -3.06. The van der Waals surface area contributed by atoms with E-state index in [1.165, 1.54) is 18.3 Å². The molecule has 0 aromatic heterocycles. The number of phenols is 2. The lowest BCUT2D eigenvalue weighted by molar-refractivity contribution is -0.122. The summed E-state index contributed by atoms with van der Waals surface area (Å²) in [6.45, 7) is 2.24. The number of nitrogens with one attached hydrogen (secondary N) is 1. The van der Waals surface area contributed by atoms with Crippen LogP contribution in [0.3, 0.4) is 0 Å². The monoisotopic (exact) mass is 343 g/mol. The van der Waals surface area contributed by atoms with E-state index >= 15 is 0 Å². The lowest BCUT2D eigenvalue weighted by Gasteiger charge is -2.10. The van der Waals surface area contributed by atoms with Crippen LogP contribution in [-0.4, -0.2) is 35.0 Å². The molecule has 1 atom stereocenters. The number of benzene rings is 2. The third-order valence-electron chi connectivity index (χ3n) is 3.44. The average Bonchev–Trinajstić information content (AvgIpc) is 2.60. The van der Waals surface area contributed by atoms with E-state index < -0.39 is 11.9 Å². The van der Waals surface area contributed by atoms with Crippen LogP contribution in [0, 0.1) is 0 Å². The Labute approximate surface area is 145 Å². The SMILES string of the molecule is CCOc1cccc(C=NNC(=O)C(N)Cc2ccc(O)cc2)c1O. The molecule has 0 bridgehead atoms. The van der Waals surface area contributed by atoms with Gasteiger partial charge in [0, 0.05) is 5.56 Å². The van der Waals surface area contributed by atoms with Gasteiger partial charge in [0.15, 0.2) is 11.5 Å². The minimum atomic E-state index is -0.787. The molecule has 0 saturated carbocycles. The molecular formula is C18H21N3O4. The number of nitrogens with zero attached hydrogens (tertiary/aromatic N) is 1. The Morgan fingerprint density at radius 3 is 2.68 bits per heavy atom. The molecule has 0 fully saturated rings. The second-order valence-corrected chi connectivity index (χ2v) is 5.34. The maximum atomic E-state index is 12.0. The summed E-state index contributed by atoms with van der Waals surface area (Å²) in [5.74, 6) is 0.00258. The Morgan fingerprint density at radius 1 is 1.28 bits per heavy atom. The van der Waals surface area contributed by atoms with E-state index in [2.05, 4.69) is 10.5 Å². The number of nitrogens with two attached hydrogens (primary N) is 1. The average molecular weight is 343 g/mol. The molecule has 25 heavy (non-hydrogen) atoms. The summed E-state index contributed by atoms with van der Waals surface area (Å²) in [7, 11) is 0. The van der Waals surface area contributed by atoms with Crippen LogP contribution in [0.25, 0.3) is 0 Å². The smallest absolute Gasteiger partial charge is 0.257 e. The van der Waals surface area contributed by atoms with Gasteiger partial charge in [-0.3, -0.25) is 4.79 Å². The van der Waals surface area contributed by atoms with Crippen molar-refractivity contribution in [1.82, 2.24) is 5.43 Å². The maximum Gasteiger partial charge on any atom is 0.257 e. The number of rotatable bonds is 7. The molecule has 0 saturated heterocycles. The molecule has 5 N–H and O–H groups in total. The predicted octanol–water partition coefficient (Wildman–Crippen LogP) is 1.52. The number of phenolic OH excluding ortho intramolecular Hbond substituents is 2. The van der Waals surface area contributed by atoms with E-state index in [4.69, 9.17) is 10.5 Å². The highest BCUT2D eigenvalue weighted by Crippen LogP contribution is 2.28. The topological polar surface area (TPSA) is 117 Å². The van der Waals surface area contributed by atoms with Gasteiger partial charge in [-0.05, 0) is 43.2 Å². The molecule has 2 aromatic carbocycles. The van der Waals surface area contributed by atoms with Gasteiger partial charge >= 0.3 is 0 Å². The van der Waals surface area contributed by atoms with Crippen LogP contribution in [0.4, 0.5) is 0 Å². The molecule has 132 valence electrons. The highest BCUT2D eigenvalue weighted by atomic mass is 16.5. The first-order valence-electron chi connectivity index (χ1n) is 7.82. The number of carbonyl (C=O) groups is 1. The zero-order valence-corrected chi connectivity index (χ0v) is 13.8. The zero-order valence-electron chi connectivity index (χ0n) is 13.8. The summed E-state index contributed by atoms with van der Waals surface area (Å²) in [6.07, 6.45) is 1.63. The number of hydrogen-bond acceptors (Lipinski definition) is 6. The van der Waals surface area contributed by atoms with Crippen molar-refractivity contribution < 1.29 is 19.7 Å². The molecule has 0 aliphatic carbocycles. The van der Waals surface area contributed by atoms with Crippen molar-refractivity contribution in [3.63, 3.8) is 0 Å². The minimum absolute atomic E-state index is 0.0456. The summed E-state index contributed by atoms with van der Waals surface area (Å²) >= 11 is 0. The molecule has 0 radical (unpaired) electrons. The number of aromatic hydroxyl groups is 2. The second-order valence-electron chi connectivity index (χ2n) is 5.34. The lowest BCUT2D eigenvalue weighted by Crippen LogP contribution is -2.39. The summed E-state index contributed by atoms with van der Waals surface area (Å²) in [6, 6.07) is 10.7. The Kier molecular flexibility index (Phi) is 6.36. The van der Waals surface area contributed by atoms with E-state index in [1.54, 1.807) is 30.3 Å². The highest BCUT2D eigenvalue weighted by Gasteiger charge is 2.13. The van der Waals surface area contributed by atoms with Crippen molar-refractivity contribution in [2.75, 3.05) is 6.61 Å². The molecule has 2 aromatic rings. The van der Waals surface area contributed by atoms with Crippen LogP contribution >= 0.6 is 0 Å². The number of hydrazone groups is 1. The van der Waals surface area contributed by atoms with Gasteiger partial charge in [0.2, 0.25) is 0 Å². The first-order valence-corrected chi connectivity index (χ1v) is 7.82. The normalized spacial score (nSPS) is 12.1. The summed E-state index contributed by atoms with van der Waals surface area (Å²) in [4.78, 5) is 12.0. The molecular weight excluding hydrogens is 322 g/mol. The van der Waals surface area contributed by atoms with Gasteiger partial charge in [0.25, 0.3) is 5.91 Å². The van der Waals surface area contributed by atoms with E-state index in [1.807, 2.05) is 6.92 Å². The number of amides is 1. The second kappa shape index (κ2) is 8.70. The van der Waals surface area contributed by atoms with Gasteiger partial charge in [-0.25, -0.2) is 5.43 Å². The number of ether oxygens (including phenoxy) is 1. The first-order chi connectivity index (χ1) is 12.0. The molecule has 0 aliphatic heterocycles. The molecule has 7 heteroatoms. The standard InChI is InChI=1S/C18H21N3O4/c1-2-25-16-5-3-4-13(17(16)23)11-20-21-18(24)15(19)10-12-6-8-14(22)9-7-12/h3-9,11,15,22-23H,2,10,19H2,1H3,(H,21,24). The fourth-order valence-corrected chi connectivity index (χ4v) is 2.14. The van der Waals surface area contributed by atoms with Crippen LogP contribution in [0.1, 0.15) is 18.1 Å². The molecule has 0 aliphatic rings. The van der Waals surface area contributed by atoms with Crippen molar-refractivity contribution in [1.29, 1.82) is 0 Å². The largest absolute Gasteiger partial charge is 0.508 e. The fraction of sp³-hybridized carbons (Fsp3) is 0.222. The van der Waals surface area contributed by atoms with Crippen LogP contribution in [0.15, 0.2) is 47.6 Å². The number of hydrogen-bond donors (Lipinski definition) is 4. The molecule has 1 unspecified atom stereocenters. The third kappa shape index (κ3) is 5.22. The summed E-state index contributed by atoms with van der Waals surface area (Å²) in [5, 5.41) is 23.1. The summed E-state index contributed by atoms with van der Waals surface area (Å²) < 4.78 is 5.28. The lowest BCUT2D eigenvalue weighted by atomic mass is 10.1.